The molecule has 0 bridgehead atoms. The summed E-state index contributed by atoms with van der Waals surface area (Å²) >= 11 is 0. The van der Waals surface area contributed by atoms with Crippen molar-refractivity contribution in [2.75, 3.05) is 13.2 Å². The molecule has 0 saturated carbocycles. The van der Waals surface area contributed by atoms with E-state index in [-0.39, 0.29) is 41.8 Å². The summed E-state index contributed by atoms with van der Waals surface area (Å²) in [5, 5.41) is 9.74. The first-order valence-electron chi connectivity index (χ1n) is 10.5. The van der Waals surface area contributed by atoms with Crippen molar-refractivity contribution >= 4 is 5.97 Å². The van der Waals surface area contributed by atoms with Gasteiger partial charge in [0.15, 0.2) is 11.5 Å². The molecule has 0 aromatic heterocycles. The summed E-state index contributed by atoms with van der Waals surface area (Å²) in [6, 6.07) is 13.4. The fourth-order valence-electron chi connectivity index (χ4n) is 3.55. The molecule has 1 heterocycles. The first-order chi connectivity index (χ1) is 15.9. The average Bonchev–Trinajstić information content (AvgIpc) is 2.79. The number of ether oxygens (including phenoxy) is 4. The highest BCUT2D eigenvalue weighted by atomic mass is 19.1. The fraction of sp³-hybridized carbons (Fsp3) is 0.280. The van der Waals surface area contributed by atoms with Crippen LogP contribution in [0.4, 0.5) is 4.39 Å². The summed E-state index contributed by atoms with van der Waals surface area (Å²) in [6.45, 7) is 5.61. The van der Waals surface area contributed by atoms with E-state index >= 15 is 0 Å². The van der Waals surface area contributed by atoms with Crippen molar-refractivity contribution in [1.82, 2.24) is 0 Å². The van der Waals surface area contributed by atoms with Gasteiger partial charge in [-0.3, -0.25) is 0 Å². The van der Waals surface area contributed by atoms with Gasteiger partial charge in [-0.2, -0.15) is 5.26 Å². The van der Waals surface area contributed by atoms with Gasteiger partial charge in [-0.25, -0.2) is 9.18 Å². The minimum atomic E-state index is -0.803. The topological polar surface area (TPSA) is 104 Å². The maximum Gasteiger partial charge on any atom is 0.338 e. The van der Waals surface area contributed by atoms with Crippen molar-refractivity contribution in [3.05, 3.63) is 82.2 Å². The summed E-state index contributed by atoms with van der Waals surface area (Å²) in [4.78, 5) is 12.7. The molecule has 2 N–H and O–H groups in total. The van der Waals surface area contributed by atoms with Crippen LogP contribution in [0.2, 0.25) is 0 Å². The quantitative estimate of drug-likeness (QED) is 0.590. The third kappa shape index (κ3) is 5.09. The molecule has 0 fully saturated rings. The number of benzene rings is 2. The molecule has 7 nitrogen and oxygen atoms in total. The van der Waals surface area contributed by atoms with Crippen molar-refractivity contribution in [3.63, 3.8) is 0 Å². The van der Waals surface area contributed by atoms with E-state index in [1.165, 1.54) is 6.07 Å². The van der Waals surface area contributed by atoms with Crippen LogP contribution < -0.4 is 15.2 Å². The average molecular weight is 452 g/mol. The molecule has 1 unspecified atom stereocenters. The number of hydrogen-bond acceptors (Lipinski definition) is 7. The Hall–Kier alpha value is -3.99. The zero-order chi connectivity index (χ0) is 24.0. The number of allylic oxidation sites excluding steroid dienone is 2. The third-order valence-corrected chi connectivity index (χ3v) is 5.04. The second-order valence-corrected chi connectivity index (χ2v) is 7.13. The highest BCUT2D eigenvalue weighted by Crippen LogP contribution is 2.42. The number of esters is 1. The Kier molecular flexibility index (Phi) is 7.57. The Morgan fingerprint density at radius 1 is 1.15 bits per heavy atom. The Balaban J connectivity index is 2.01. The lowest BCUT2D eigenvalue weighted by Gasteiger charge is -2.27. The molecule has 0 aliphatic carbocycles. The molecule has 0 amide bonds. The molecule has 1 atom stereocenters. The molecule has 2 aromatic carbocycles. The highest BCUT2D eigenvalue weighted by molar-refractivity contribution is 5.92. The monoisotopic (exact) mass is 452 g/mol. The fourth-order valence-corrected chi connectivity index (χ4v) is 3.55. The molecular weight excluding hydrogens is 427 g/mol. The molecule has 1 aliphatic heterocycles. The standard InChI is InChI=1S/C25H25FN2O5/c1-4-30-21-12-16(10-11-20(21)32-14-17-8-6-7-9-19(17)26)23-18(13-27)24(28)33-15(3)22(23)25(29)31-5-2/h6-12,23H,4-5,14,28H2,1-3H3. The van der Waals surface area contributed by atoms with Crippen molar-refractivity contribution in [1.29, 1.82) is 5.26 Å². The summed E-state index contributed by atoms with van der Waals surface area (Å²) in [5.41, 5.74) is 7.20. The van der Waals surface area contributed by atoms with Gasteiger partial charge in [0.25, 0.3) is 0 Å². The van der Waals surface area contributed by atoms with Crippen LogP contribution >= 0.6 is 0 Å². The first-order valence-corrected chi connectivity index (χ1v) is 10.5. The van der Waals surface area contributed by atoms with Crippen LogP contribution in [-0.4, -0.2) is 19.2 Å². The van der Waals surface area contributed by atoms with Crippen LogP contribution in [-0.2, 0) is 20.9 Å². The lowest BCUT2D eigenvalue weighted by atomic mass is 9.83. The van der Waals surface area contributed by atoms with E-state index in [2.05, 4.69) is 0 Å². The van der Waals surface area contributed by atoms with Crippen molar-refractivity contribution in [3.8, 4) is 17.6 Å². The molecule has 0 radical (unpaired) electrons. The van der Waals surface area contributed by atoms with Gasteiger partial charge in [0, 0.05) is 5.56 Å². The summed E-state index contributed by atoms with van der Waals surface area (Å²) < 4.78 is 36.2. The molecule has 172 valence electrons. The van der Waals surface area contributed by atoms with E-state index in [1.807, 2.05) is 13.0 Å². The molecule has 0 saturated heterocycles. The first kappa shape index (κ1) is 23.7. The van der Waals surface area contributed by atoms with Gasteiger partial charge in [-0.05, 0) is 44.5 Å². The van der Waals surface area contributed by atoms with E-state index in [1.54, 1.807) is 50.2 Å². The van der Waals surface area contributed by atoms with Crippen LogP contribution in [0.25, 0.3) is 0 Å². The van der Waals surface area contributed by atoms with Crippen LogP contribution in [0.5, 0.6) is 11.5 Å². The normalized spacial score (nSPS) is 15.5. The zero-order valence-corrected chi connectivity index (χ0v) is 18.7. The second kappa shape index (κ2) is 10.6. The van der Waals surface area contributed by atoms with Gasteiger partial charge >= 0.3 is 5.97 Å². The van der Waals surface area contributed by atoms with E-state index in [4.69, 9.17) is 24.7 Å². The van der Waals surface area contributed by atoms with E-state index in [0.29, 0.717) is 29.2 Å². The molecule has 1 aliphatic rings. The van der Waals surface area contributed by atoms with Crippen molar-refractivity contribution in [2.24, 2.45) is 5.73 Å². The number of hydrogen-bond donors (Lipinski definition) is 1. The van der Waals surface area contributed by atoms with Crippen LogP contribution in [0.15, 0.2) is 65.3 Å². The van der Waals surface area contributed by atoms with Crippen molar-refractivity contribution in [2.45, 2.75) is 33.3 Å². The lowest BCUT2D eigenvalue weighted by Crippen LogP contribution is -2.25. The number of rotatable bonds is 8. The number of carbonyl (C=O) groups is 1. The minimum absolute atomic E-state index is 0.00669. The molecule has 33 heavy (non-hydrogen) atoms. The van der Waals surface area contributed by atoms with Gasteiger partial charge < -0.3 is 24.7 Å². The zero-order valence-electron chi connectivity index (χ0n) is 18.7. The third-order valence-electron chi connectivity index (χ3n) is 5.04. The van der Waals surface area contributed by atoms with E-state index in [0.717, 1.165) is 0 Å². The van der Waals surface area contributed by atoms with Gasteiger partial charge in [-0.1, -0.05) is 24.3 Å². The number of halogens is 1. The second-order valence-electron chi connectivity index (χ2n) is 7.13. The smallest absolute Gasteiger partial charge is 0.338 e. The molecule has 2 aromatic rings. The Labute approximate surface area is 191 Å². The van der Waals surface area contributed by atoms with Crippen LogP contribution in [0.1, 0.15) is 37.8 Å². The number of nitrogens with zero attached hydrogens (tertiary/aromatic N) is 1. The van der Waals surface area contributed by atoms with Gasteiger partial charge in [0.1, 0.15) is 29.8 Å². The van der Waals surface area contributed by atoms with Crippen molar-refractivity contribution < 1.29 is 28.1 Å². The SMILES string of the molecule is CCOC(=O)C1=C(C)OC(N)=C(C#N)C1c1ccc(OCc2ccccc2F)c(OCC)c1. The van der Waals surface area contributed by atoms with Crippen LogP contribution in [0, 0.1) is 17.1 Å². The number of nitrogens with two attached hydrogens (primary N) is 1. The summed E-state index contributed by atoms with van der Waals surface area (Å²) in [6.07, 6.45) is 0. The number of nitriles is 1. The minimum Gasteiger partial charge on any atom is -0.490 e. The molecular formula is C25H25FN2O5. The Morgan fingerprint density at radius 2 is 1.91 bits per heavy atom. The Bertz CT molecular complexity index is 1150. The van der Waals surface area contributed by atoms with Crippen LogP contribution in [0.3, 0.4) is 0 Å². The van der Waals surface area contributed by atoms with E-state index in [9.17, 15) is 14.4 Å². The highest BCUT2D eigenvalue weighted by Gasteiger charge is 2.36. The Morgan fingerprint density at radius 3 is 2.58 bits per heavy atom. The maximum absolute atomic E-state index is 14.0. The molecule has 0 spiro atoms. The van der Waals surface area contributed by atoms with Gasteiger partial charge in [0.2, 0.25) is 5.88 Å². The van der Waals surface area contributed by atoms with Gasteiger partial charge in [0.05, 0.1) is 24.7 Å². The summed E-state index contributed by atoms with van der Waals surface area (Å²) in [7, 11) is 0. The maximum atomic E-state index is 14.0. The number of carbonyl (C=O) groups excluding carboxylic acids is 1. The molecule has 3 rings (SSSR count). The predicted molar refractivity (Wildman–Crippen MR) is 118 cm³/mol. The van der Waals surface area contributed by atoms with Gasteiger partial charge in [-0.15, -0.1) is 0 Å². The molecule has 8 heteroatoms. The lowest BCUT2D eigenvalue weighted by molar-refractivity contribution is -0.139. The summed E-state index contributed by atoms with van der Waals surface area (Å²) in [5.74, 6) is -0.813. The van der Waals surface area contributed by atoms with E-state index < -0.39 is 11.9 Å². The largest absolute Gasteiger partial charge is 0.490 e. The predicted octanol–water partition coefficient (Wildman–Crippen LogP) is 4.45.